The van der Waals surface area contributed by atoms with E-state index in [0.29, 0.717) is 17.4 Å². The van der Waals surface area contributed by atoms with Gasteiger partial charge in [0.1, 0.15) is 16.8 Å². The predicted octanol–water partition coefficient (Wildman–Crippen LogP) is 4.34. The van der Waals surface area contributed by atoms with Gasteiger partial charge in [-0.2, -0.15) is 0 Å². The fraction of sp³-hybridized carbons (Fsp3) is 0.130. The standard InChI is InChI=1S/C23H20FN5O2S/c1-31-20-13-7-16(8-14-20)15-29-23(26-27-28-29)32-21(17-5-3-2-4-6-17)22(30)25-19-11-9-18(24)10-12-19/h2-14,21H,15H2,1H3,(H,25,30)/t21-/m1/s1. The minimum atomic E-state index is -0.609. The van der Waals surface area contributed by atoms with Crippen LogP contribution in [0.15, 0.2) is 84.0 Å². The van der Waals surface area contributed by atoms with Gasteiger partial charge in [-0.05, 0) is 58.0 Å². The largest absolute Gasteiger partial charge is 0.497 e. The molecule has 1 aromatic heterocycles. The minimum absolute atomic E-state index is 0.258. The van der Waals surface area contributed by atoms with E-state index >= 15 is 0 Å². The second-order valence-electron chi connectivity index (χ2n) is 6.87. The summed E-state index contributed by atoms with van der Waals surface area (Å²) in [7, 11) is 1.62. The van der Waals surface area contributed by atoms with Crippen molar-refractivity contribution in [2.75, 3.05) is 12.4 Å². The number of ether oxygens (including phenoxy) is 1. The van der Waals surface area contributed by atoms with Gasteiger partial charge in [-0.1, -0.05) is 54.2 Å². The van der Waals surface area contributed by atoms with Crippen molar-refractivity contribution < 1.29 is 13.9 Å². The summed E-state index contributed by atoms with van der Waals surface area (Å²) in [5.74, 6) is 0.142. The Morgan fingerprint density at radius 1 is 1.06 bits per heavy atom. The van der Waals surface area contributed by atoms with Crippen LogP contribution in [0.25, 0.3) is 0 Å². The molecule has 9 heteroatoms. The first-order valence-corrected chi connectivity index (χ1v) is 10.7. The lowest BCUT2D eigenvalue weighted by molar-refractivity contribution is -0.115. The molecule has 0 aliphatic carbocycles. The molecule has 4 rings (SSSR count). The van der Waals surface area contributed by atoms with Crippen molar-refractivity contribution in [1.29, 1.82) is 0 Å². The van der Waals surface area contributed by atoms with Gasteiger partial charge in [0, 0.05) is 5.69 Å². The van der Waals surface area contributed by atoms with Crippen LogP contribution in [0.1, 0.15) is 16.4 Å². The molecule has 32 heavy (non-hydrogen) atoms. The summed E-state index contributed by atoms with van der Waals surface area (Å²) >= 11 is 1.25. The fourth-order valence-corrected chi connectivity index (χ4v) is 4.01. The molecule has 0 saturated heterocycles. The van der Waals surface area contributed by atoms with Gasteiger partial charge in [0.15, 0.2) is 0 Å². The number of methoxy groups -OCH3 is 1. The third-order valence-electron chi connectivity index (χ3n) is 4.67. The van der Waals surface area contributed by atoms with Gasteiger partial charge < -0.3 is 10.1 Å². The van der Waals surface area contributed by atoms with E-state index in [4.69, 9.17) is 4.74 Å². The van der Waals surface area contributed by atoms with E-state index in [-0.39, 0.29) is 11.7 Å². The van der Waals surface area contributed by atoms with Gasteiger partial charge in [-0.25, -0.2) is 9.07 Å². The topological polar surface area (TPSA) is 81.9 Å². The molecule has 0 aliphatic heterocycles. The summed E-state index contributed by atoms with van der Waals surface area (Å²) in [6, 6.07) is 22.6. The Balaban J connectivity index is 1.56. The molecular weight excluding hydrogens is 429 g/mol. The van der Waals surface area contributed by atoms with Gasteiger partial charge in [0.25, 0.3) is 0 Å². The number of tetrazole rings is 1. The number of carbonyl (C=O) groups is 1. The number of hydrogen-bond acceptors (Lipinski definition) is 6. The highest BCUT2D eigenvalue weighted by Gasteiger charge is 2.25. The molecule has 1 atom stereocenters. The van der Waals surface area contributed by atoms with Gasteiger partial charge in [-0.15, -0.1) is 5.10 Å². The molecule has 0 unspecified atom stereocenters. The molecule has 0 fully saturated rings. The Morgan fingerprint density at radius 2 is 1.78 bits per heavy atom. The van der Waals surface area contributed by atoms with Crippen LogP contribution in [-0.2, 0) is 11.3 Å². The first-order valence-electron chi connectivity index (χ1n) is 9.79. The van der Waals surface area contributed by atoms with Gasteiger partial charge in [0.05, 0.1) is 13.7 Å². The lowest BCUT2D eigenvalue weighted by Crippen LogP contribution is -2.19. The number of aromatic nitrogens is 4. The first-order chi connectivity index (χ1) is 15.6. The van der Waals surface area contributed by atoms with Crippen molar-refractivity contribution in [2.45, 2.75) is 17.0 Å². The number of nitrogens with one attached hydrogen (secondary N) is 1. The Morgan fingerprint density at radius 3 is 2.47 bits per heavy atom. The van der Waals surface area contributed by atoms with E-state index in [1.165, 1.54) is 36.0 Å². The molecule has 0 aliphatic rings. The highest BCUT2D eigenvalue weighted by Crippen LogP contribution is 2.35. The van der Waals surface area contributed by atoms with Crippen LogP contribution in [0.3, 0.4) is 0 Å². The number of thioether (sulfide) groups is 1. The molecular formula is C23H20FN5O2S. The number of benzene rings is 3. The quantitative estimate of drug-likeness (QED) is 0.403. The van der Waals surface area contributed by atoms with E-state index in [2.05, 4.69) is 20.8 Å². The van der Waals surface area contributed by atoms with Crippen molar-refractivity contribution in [1.82, 2.24) is 20.2 Å². The molecule has 0 radical (unpaired) electrons. The predicted molar refractivity (Wildman–Crippen MR) is 120 cm³/mol. The smallest absolute Gasteiger partial charge is 0.242 e. The molecule has 0 saturated carbocycles. The monoisotopic (exact) mass is 449 g/mol. The lowest BCUT2D eigenvalue weighted by atomic mass is 10.1. The van der Waals surface area contributed by atoms with E-state index in [0.717, 1.165) is 16.9 Å². The summed E-state index contributed by atoms with van der Waals surface area (Å²) in [5, 5.41) is 14.7. The van der Waals surface area contributed by atoms with Crippen LogP contribution in [0.4, 0.5) is 10.1 Å². The van der Waals surface area contributed by atoms with E-state index < -0.39 is 5.25 Å². The van der Waals surface area contributed by atoms with E-state index in [9.17, 15) is 9.18 Å². The summed E-state index contributed by atoms with van der Waals surface area (Å²) in [4.78, 5) is 13.1. The summed E-state index contributed by atoms with van der Waals surface area (Å²) < 4.78 is 20.1. The van der Waals surface area contributed by atoms with Crippen molar-refractivity contribution in [2.24, 2.45) is 0 Å². The zero-order valence-corrected chi connectivity index (χ0v) is 18.0. The van der Waals surface area contributed by atoms with Crippen molar-refractivity contribution in [3.63, 3.8) is 0 Å². The molecule has 1 heterocycles. The normalized spacial score (nSPS) is 11.7. The number of halogens is 1. The van der Waals surface area contributed by atoms with Crippen molar-refractivity contribution in [3.8, 4) is 5.75 Å². The van der Waals surface area contributed by atoms with Crippen LogP contribution in [-0.4, -0.2) is 33.2 Å². The first kappa shape index (κ1) is 21.5. The van der Waals surface area contributed by atoms with Crippen LogP contribution in [0.5, 0.6) is 5.75 Å². The Labute approximate surface area is 188 Å². The second-order valence-corrected chi connectivity index (χ2v) is 7.94. The van der Waals surface area contributed by atoms with Crippen molar-refractivity contribution in [3.05, 3.63) is 95.8 Å². The molecule has 1 N–H and O–H groups in total. The number of hydrogen-bond donors (Lipinski definition) is 1. The highest BCUT2D eigenvalue weighted by molar-refractivity contribution is 8.00. The summed E-state index contributed by atoms with van der Waals surface area (Å²) in [5.41, 5.74) is 2.30. The molecule has 1 amide bonds. The second kappa shape index (κ2) is 10.1. The maximum Gasteiger partial charge on any atom is 0.242 e. The molecule has 3 aromatic carbocycles. The van der Waals surface area contributed by atoms with E-state index in [1.807, 2.05) is 54.6 Å². The SMILES string of the molecule is COc1ccc(Cn2nnnc2S[C@@H](C(=O)Nc2ccc(F)cc2)c2ccccc2)cc1. The minimum Gasteiger partial charge on any atom is -0.497 e. The fourth-order valence-electron chi connectivity index (χ4n) is 3.03. The third-order valence-corrected chi connectivity index (χ3v) is 5.89. The van der Waals surface area contributed by atoms with Gasteiger partial charge in [0.2, 0.25) is 11.1 Å². The lowest BCUT2D eigenvalue weighted by Gasteiger charge is -2.16. The number of anilines is 1. The van der Waals surface area contributed by atoms with E-state index in [1.54, 1.807) is 11.8 Å². The zero-order valence-electron chi connectivity index (χ0n) is 17.2. The van der Waals surface area contributed by atoms with Gasteiger partial charge in [-0.3, -0.25) is 4.79 Å². The molecule has 0 bridgehead atoms. The zero-order chi connectivity index (χ0) is 22.3. The Kier molecular flexibility index (Phi) is 6.76. The molecule has 4 aromatic rings. The van der Waals surface area contributed by atoms with Gasteiger partial charge >= 0.3 is 0 Å². The summed E-state index contributed by atoms with van der Waals surface area (Å²) in [6.07, 6.45) is 0. The molecule has 7 nitrogen and oxygen atoms in total. The van der Waals surface area contributed by atoms with Crippen LogP contribution >= 0.6 is 11.8 Å². The average molecular weight is 450 g/mol. The van der Waals surface area contributed by atoms with Crippen molar-refractivity contribution >= 4 is 23.4 Å². The van der Waals surface area contributed by atoms with Crippen LogP contribution in [0.2, 0.25) is 0 Å². The Bertz CT molecular complexity index is 1170. The third kappa shape index (κ3) is 5.30. The van der Waals surface area contributed by atoms with Crippen LogP contribution < -0.4 is 10.1 Å². The number of rotatable bonds is 8. The number of carbonyl (C=O) groups excluding carboxylic acids is 1. The maximum atomic E-state index is 13.2. The summed E-state index contributed by atoms with van der Waals surface area (Å²) in [6.45, 7) is 0.445. The average Bonchev–Trinajstić information content (AvgIpc) is 3.26. The number of amides is 1. The highest BCUT2D eigenvalue weighted by atomic mass is 32.2. The Hall–Kier alpha value is -3.72. The molecule has 0 spiro atoms. The van der Waals surface area contributed by atoms with Crippen LogP contribution in [0, 0.1) is 5.82 Å². The number of nitrogens with zero attached hydrogens (tertiary/aromatic N) is 4. The molecule has 162 valence electrons. The maximum absolute atomic E-state index is 13.2.